The highest BCUT2D eigenvalue weighted by atomic mass is 19.1. The Morgan fingerprint density at radius 3 is 2.29 bits per heavy atom. The van der Waals surface area contributed by atoms with Gasteiger partial charge in [-0.1, -0.05) is 54.6 Å². The third kappa shape index (κ3) is 4.40. The topological polar surface area (TPSA) is 88.5 Å². The van der Waals surface area contributed by atoms with Gasteiger partial charge in [-0.05, 0) is 41.2 Å². The van der Waals surface area contributed by atoms with Gasteiger partial charge in [0, 0.05) is 17.7 Å². The minimum Gasteiger partial charge on any atom is -0.480 e. The van der Waals surface area contributed by atoms with Gasteiger partial charge in [0.25, 0.3) is 0 Å². The summed E-state index contributed by atoms with van der Waals surface area (Å²) in [5.74, 6) is -1.98. The Labute approximate surface area is 178 Å². The molecule has 0 fully saturated rings. The number of carboxylic acid groups (broad SMARTS) is 1. The number of hydrogen-bond acceptors (Lipinski definition) is 4. The zero-order valence-electron chi connectivity index (χ0n) is 16.6. The molecule has 0 spiro atoms. The summed E-state index contributed by atoms with van der Waals surface area (Å²) in [5.41, 5.74) is 4.64. The Morgan fingerprint density at radius 2 is 1.68 bits per heavy atom. The molecule has 0 bridgehead atoms. The van der Waals surface area contributed by atoms with Crippen molar-refractivity contribution < 1.29 is 23.8 Å². The Bertz CT molecular complexity index is 1070. The molecule has 7 heteroatoms. The molecule has 2 aromatic carbocycles. The van der Waals surface area contributed by atoms with Crippen LogP contribution in [-0.2, 0) is 16.0 Å². The molecule has 0 unspecified atom stereocenters. The molecule has 1 aromatic heterocycles. The van der Waals surface area contributed by atoms with E-state index in [4.69, 9.17) is 4.74 Å². The second-order valence-electron chi connectivity index (χ2n) is 7.35. The summed E-state index contributed by atoms with van der Waals surface area (Å²) in [4.78, 5) is 27.4. The van der Waals surface area contributed by atoms with E-state index in [1.807, 2.05) is 48.5 Å². The second kappa shape index (κ2) is 8.95. The van der Waals surface area contributed by atoms with E-state index in [1.165, 1.54) is 12.3 Å². The van der Waals surface area contributed by atoms with Gasteiger partial charge in [0.15, 0.2) is 0 Å². The standard InChI is InChI=1S/C24H21FN2O4/c25-22-15(6-5-13-26-22)11-12-21(23(28)29)27-24(30)31-14-20-18-9-3-1-7-16(18)17-8-2-4-10-19(17)20/h1-10,13,20-21H,11-12,14H2,(H,27,30)(H,28,29)/t21-/m0/s1. The van der Waals surface area contributed by atoms with Crippen LogP contribution in [0.15, 0.2) is 66.9 Å². The molecule has 31 heavy (non-hydrogen) atoms. The average Bonchev–Trinajstić information content (AvgIpc) is 3.10. The van der Waals surface area contributed by atoms with Gasteiger partial charge < -0.3 is 15.2 Å². The molecule has 0 aliphatic heterocycles. The quantitative estimate of drug-likeness (QED) is 0.561. The summed E-state index contributed by atoms with van der Waals surface area (Å²) in [6.07, 6.45) is 0.645. The van der Waals surface area contributed by atoms with Crippen LogP contribution in [0.4, 0.5) is 9.18 Å². The molecule has 3 aromatic rings. The van der Waals surface area contributed by atoms with E-state index >= 15 is 0 Å². The minimum absolute atomic E-state index is 0.0160. The Kier molecular flexibility index (Phi) is 5.93. The molecular formula is C24H21FN2O4. The zero-order chi connectivity index (χ0) is 21.8. The SMILES string of the molecule is O=C(N[C@@H](CCc1cccnc1F)C(=O)O)OCC1c2ccccc2-c2ccccc21. The zero-order valence-corrected chi connectivity index (χ0v) is 16.6. The van der Waals surface area contributed by atoms with Gasteiger partial charge in [0.05, 0.1) is 0 Å². The van der Waals surface area contributed by atoms with Crippen molar-refractivity contribution in [1.29, 1.82) is 0 Å². The van der Waals surface area contributed by atoms with Crippen molar-refractivity contribution in [2.45, 2.75) is 24.8 Å². The highest BCUT2D eigenvalue weighted by molar-refractivity contribution is 5.81. The number of alkyl carbamates (subject to hydrolysis) is 1. The summed E-state index contributed by atoms with van der Waals surface area (Å²) in [7, 11) is 0. The average molecular weight is 420 g/mol. The maximum Gasteiger partial charge on any atom is 0.407 e. The number of pyridine rings is 1. The first-order valence-electron chi connectivity index (χ1n) is 9.98. The van der Waals surface area contributed by atoms with E-state index in [-0.39, 0.29) is 25.4 Å². The van der Waals surface area contributed by atoms with Gasteiger partial charge in [0.1, 0.15) is 12.6 Å². The van der Waals surface area contributed by atoms with Gasteiger partial charge in [0.2, 0.25) is 5.95 Å². The molecule has 158 valence electrons. The predicted octanol–water partition coefficient (Wildman–Crippen LogP) is 4.15. The van der Waals surface area contributed by atoms with Crippen LogP contribution in [0, 0.1) is 5.95 Å². The summed E-state index contributed by atoms with van der Waals surface area (Å²) < 4.78 is 19.1. The maximum atomic E-state index is 13.7. The van der Waals surface area contributed by atoms with Crippen molar-refractivity contribution in [3.8, 4) is 11.1 Å². The van der Waals surface area contributed by atoms with Crippen LogP contribution in [0.2, 0.25) is 0 Å². The lowest BCUT2D eigenvalue weighted by atomic mass is 9.98. The van der Waals surface area contributed by atoms with Crippen LogP contribution in [0.3, 0.4) is 0 Å². The smallest absolute Gasteiger partial charge is 0.407 e. The number of benzene rings is 2. The molecule has 1 atom stereocenters. The van der Waals surface area contributed by atoms with Crippen LogP contribution in [-0.4, -0.2) is 34.8 Å². The first-order chi connectivity index (χ1) is 15.0. The number of nitrogens with zero attached hydrogens (tertiary/aromatic N) is 1. The highest BCUT2D eigenvalue weighted by Gasteiger charge is 2.29. The third-order valence-electron chi connectivity index (χ3n) is 5.47. The normalized spacial score (nSPS) is 13.2. The fraction of sp³-hybridized carbons (Fsp3) is 0.208. The summed E-state index contributed by atoms with van der Waals surface area (Å²) in [6, 6.07) is 17.8. The van der Waals surface area contributed by atoms with Crippen LogP contribution in [0.25, 0.3) is 11.1 Å². The predicted molar refractivity (Wildman–Crippen MR) is 112 cm³/mol. The number of carboxylic acids is 1. The maximum absolute atomic E-state index is 13.7. The van der Waals surface area contributed by atoms with Crippen molar-refractivity contribution in [1.82, 2.24) is 10.3 Å². The molecule has 1 amide bonds. The molecule has 4 rings (SSSR count). The molecule has 0 radical (unpaired) electrons. The van der Waals surface area contributed by atoms with Crippen LogP contribution in [0.1, 0.15) is 29.0 Å². The molecule has 6 nitrogen and oxygen atoms in total. The molecular weight excluding hydrogens is 399 g/mol. The Hall–Kier alpha value is -3.74. The van der Waals surface area contributed by atoms with Crippen LogP contribution >= 0.6 is 0 Å². The number of aliphatic carboxylic acids is 1. The lowest BCUT2D eigenvalue weighted by Gasteiger charge is -2.17. The van der Waals surface area contributed by atoms with E-state index < -0.39 is 24.1 Å². The van der Waals surface area contributed by atoms with E-state index in [0.29, 0.717) is 5.56 Å². The minimum atomic E-state index is -1.21. The van der Waals surface area contributed by atoms with Gasteiger partial charge in [-0.2, -0.15) is 4.39 Å². The summed E-state index contributed by atoms with van der Waals surface area (Å²) in [5, 5.41) is 11.8. The second-order valence-corrected chi connectivity index (χ2v) is 7.35. The molecule has 1 aliphatic rings. The number of rotatable bonds is 7. The molecule has 2 N–H and O–H groups in total. The number of carbonyl (C=O) groups excluding carboxylic acids is 1. The number of ether oxygens (including phenoxy) is 1. The van der Waals surface area contributed by atoms with Gasteiger partial charge in [-0.15, -0.1) is 0 Å². The van der Waals surface area contributed by atoms with Crippen molar-refractivity contribution in [2.75, 3.05) is 6.61 Å². The number of aryl methyl sites for hydroxylation is 1. The monoisotopic (exact) mass is 420 g/mol. The summed E-state index contributed by atoms with van der Waals surface area (Å²) >= 11 is 0. The van der Waals surface area contributed by atoms with Crippen molar-refractivity contribution in [3.05, 3.63) is 89.5 Å². The Balaban J connectivity index is 1.39. The number of halogens is 1. The highest BCUT2D eigenvalue weighted by Crippen LogP contribution is 2.44. The number of aromatic nitrogens is 1. The number of fused-ring (bicyclic) bond motifs is 3. The lowest BCUT2D eigenvalue weighted by molar-refractivity contribution is -0.139. The Morgan fingerprint density at radius 1 is 1.03 bits per heavy atom. The van der Waals surface area contributed by atoms with E-state index in [2.05, 4.69) is 10.3 Å². The van der Waals surface area contributed by atoms with E-state index in [9.17, 15) is 19.1 Å². The molecule has 1 heterocycles. The first-order valence-corrected chi connectivity index (χ1v) is 9.98. The van der Waals surface area contributed by atoms with Gasteiger partial charge in [-0.25, -0.2) is 14.6 Å². The van der Waals surface area contributed by atoms with E-state index in [1.54, 1.807) is 6.07 Å². The van der Waals surface area contributed by atoms with Gasteiger partial charge >= 0.3 is 12.1 Å². The van der Waals surface area contributed by atoms with E-state index in [0.717, 1.165) is 22.3 Å². The molecule has 1 aliphatic carbocycles. The number of amides is 1. The fourth-order valence-electron chi connectivity index (χ4n) is 3.95. The number of carbonyl (C=O) groups is 2. The largest absolute Gasteiger partial charge is 0.480 e. The van der Waals surface area contributed by atoms with Gasteiger partial charge in [-0.3, -0.25) is 0 Å². The molecule has 0 saturated heterocycles. The van der Waals surface area contributed by atoms with Crippen molar-refractivity contribution in [3.63, 3.8) is 0 Å². The summed E-state index contributed by atoms with van der Waals surface area (Å²) in [6.45, 7) is 0.0867. The first kappa shape index (κ1) is 20.5. The third-order valence-corrected chi connectivity index (χ3v) is 5.47. The molecule has 0 saturated carbocycles. The van der Waals surface area contributed by atoms with Crippen molar-refractivity contribution in [2.24, 2.45) is 0 Å². The number of hydrogen-bond donors (Lipinski definition) is 2. The van der Waals surface area contributed by atoms with Crippen LogP contribution in [0.5, 0.6) is 0 Å². The van der Waals surface area contributed by atoms with Crippen molar-refractivity contribution >= 4 is 12.1 Å². The number of nitrogens with one attached hydrogen (secondary N) is 1. The van der Waals surface area contributed by atoms with Crippen LogP contribution < -0.4 is 5.32 Å². The lowest BCUT2D eigenvalue weighted by Crippen LogP contribution is -2.41. The fourth-order valence-corrected chi connectivity index (χ4v) is 3.95.